The topological polar surface area (TPSA) is 37.2 Å². The van der Waals surface area contributed by atoms with E-state index in [1.54, 1.807) is 6.20 Å². The van der Waals surface area contributed by atoms with E-state index in [0.717, 1.165) is 10.9 Å². The van der Waals surface area contributed by atoms with Crippen LogP contribution in [0.2, 0.25) is 0 Å². The monoisotopic (exact) mass is 208 g/mol. The van der Waals surface area contributed by atoms with Gasteiger partial charge in [-0.3, -0.25) is 0 Å². The van der Waals surface area contributed by atoms with Crippen molar-refractivity contribution in [2.75, 3.05) is 0 Å². The van der Waals surface area contributed by atoms with Crippen LogP contribution in [0.1, 0.15) is 26.3 Å². The summed E-state index contributed by atoms with van der Waals surface area (Å²) in [6, 6.07) is 7.77. The van der Waals surface area contributed by atoms with E-state index in [4.69, 9.17) is 0 Å². The molecule has 16 heavy (non-hydrogen) atoms. The van der Waals surface area contributed by atoms with Crippen LogP contribution < -0.4 is 29.0 Å². The standard InChI is InChI=1S/C13H15NO.Li/c1-13(2,3)10-7-6-9-5-4-8-14-11(9)12(10)15;/h4-8,15H,1-3H3;/q;+1. The van der Waals surface area contributed by atoms with Crippen molar-refractivity contribution < 1.29 is 29.0 Å². The largest absolute Gasteiger partial charge is 1.00 e. The zero-order valence-electron chi connectivity index (χ0n) is 10.3. The number of H-pyrrole nitrogens is 1. The van der Waals surface area contributed by atoms with Gasteiger partial charge in [-0.15, -0.1) is 0 Å². The van der Waals surface area contributed by atoms with E-state index in [1.165, 1.54) is 0 Å². The fourth-order valence-electron chi connectivity index (χ4n) is 1.76. The molecule has 78 valence electrons. The molecule has 0 atom stereocenters. The third-order valence-electron chi connectivity index (χ3n) is 2.60. The molecule has 2 rings (SSSR count). The second kappa shape index (κ2) is 4.49. The minimum Gasteiger partial charge on any atom is -0.868 e. The predicted molar refractivity (Wildman–Crippen MR) is 58.6 cm³/mol. The Hall–Kier alpha value is -0.973. The van der Waals surface area contributed by atoms with Crippen LogP contribution >= 0.6 is 0 Å². The SMILES string of the molecule is CC(C)(C)c1ccc2ccc[nH+]c2c1[O-].[Li+]. The molecule has 0 bridgehead atoms. The van der Waals surface area contributed by atoms with Gasteiger partial charge >= 0.3 is 18.9 Å². The van der Waals surface area contributed by atoms with Gasteiger partial charge in [-0.25, -0.2) is 4.98 Å². The molecule has 0 spiro atoms. The van der Waals surface area contributed by atoms with Crippen molar-refractivity contribution in [3.63, 3.8) is 0 Å². The summed E-state index contributed by atoms with van der Waals surface area (Å²) in [6.07, 6.45) is 1.79. The molecular formula is C13H15LiNO+. The van der Waals surface area contributed by atoms with Crippen LogP contribution in [-0.4, -0.2) is 0 Å². The van der Waals surface area contributed by atoms with Gasteiger partial charge in [-0.05, 0) is 28.9 Å². The van der Waals surface area contributed by atoms with Crippen molar-refractivity contribution >= 4 is 10.9 Å². The van der Waals surface area contributed by atoms with E-state index >= 15 is 0 Å². The summed E-state index contributed by atoms with van der Waals surface area (Å²) in [4.78, 5) is 3.02. The average Bonchev–Trinajstić information content (AvgIpc) is 2.16. The maximum atomic E-state index is 12.1. The molecule has 0 radical (unpaired) electrons. The molecule has 2 aromatic rings. The summed E-state index contributed by atoms with van der Waals surface area (Å²) in [5.74, 6) is 0.112. The van der Waals surface area contributed by atoms with Gasteiger partial charge in [0.05, 0.1) is 0 Å². The minimum absolute atomic E-state index is 0. The summed E-state index contributed by atoms with van der Waals surface area (Å²) in [6.45, 7) is 6.16. The van der Waals surface area contributed by atoms with E-state index in [2.05, 4.69) is 25.8 Å². The zero-order chi connectivity index (χ0) is 11.1. The van der Waals surface area contributed by atoms with Crippen molar-refractivity contribution in [2.45, 2.75) is 26.2 Å². The normalized spacial score (nSPS) is 11.2. The Morgan fingerprint density at radius 1 is 1.12 bits per heavy atom. The Morgan fingerprint density at radius 2 is 1.81 bits per heavy atom. The van der Waals surface area contributed by atoms with Gasteiger partial charge in [-0.2, -0.15) is 0 Å². The zero-order valence-corrected chi connectivity index (χ0v) is 10.3. The van der Waals surface area contributed by atoms with Crippen LogP contribution in [0.4, 0.5) is 0 Å². The molecule has 1 heterocycles. The average molecular weight is 208 g/mol. The summed E-state index contributed by atoms with van der Waals surface area (Å²) in [5.41, 5.74) is 1.46. The quantitative estimate of drug-likeness (QED) is 0.513. The summed E-state index contributed by atoms with van der Waals surface area (Å²) >= 11 is 0. The smallest absolute Gasteiger partial charge is 0.868 e. The first-order valence-electron chi connectivity index (χ1n) is 5.11. The first-order valence-corrected chi connectivity index (χ1v) is 5.11. The van der Waals surface area contributed by atoms with Gasteiger partial charge in [0.2, 0.25) is 5.52 Å². The van der Waals surface area contributed by atoms with Gasteiger partial charge in [0, 0.05) is 11.5 Å². The van der Waals surface area contributed by atoms with Crippen molar-refractivity contribution in [1.82, 2.24) is 0 Å². The van der Waals surface area contributed by atoms with Crippen LogP contribution in [0, 0.1) is 0 Å². The molecular weight excluding hydrogens is 193 g/mol. The van der Waals surface area contributed by atoms with Crippen LogP contribution in [0.5, 0.6) is 5.75 Å². The van der Waals surface area contributed by atoms with Crippen LogP contribution in [0.25, 0.3) is 10.9 Å². The molecule has 0 aliphatic carbocycles. The number of aromatic amines is 1. The Balaban J connectivity index is 0.00000128. The van der Waals surface area contributed by atoms with Gasteiger partial charge in [0.15, 0.2) is 6.20 Å². The molecule has 1 aromatic carbocycles. The number of nitrogens with one attached hydrogen (secondary N) is 1. The fraction of sp³-hybridized carbons (Fsp3) is 0.308. The Kier molecular flexibility index (Phi) is 3.67. The molecule has 1 N–H and O–H groups in total. The van der Waals surface area contributed by atoms with Crippen molar-refractivity contribution in [1.29, 1.82) is 0 Å². The minimum atomic E-state index is -0.102. The maximum absolute atomic E-state index is 12.1. The fourth-order valence-corrected chi connectivity index (χ4v) is 1.76. The molecule has 0 unspecified atom stereocenters. The maximum Gasteiger partial charge on any atom is 1.00 e. The van der Waals surface area contributed by atoms with Gasteiger partial charge in [-0.1, -0.05) is 26.8 Å². The molecule has 0 aliphatic rings. The van der Waals surface area contributed by atoms with Crippen molar-refractivity contribution in [3.05, 3.63) is 36.0 Å². The second-order valence-electron chi connectivity index (χ2n) is 4.83. The first kappa shape index (κ1) is 13.1. The van der Waals surface area contributed by atoms with Crippen LogP contribution in [0.15, 0.2) is 30.5 Å². The van der Waals surface area contributed by atoms with Crippen molar-refractivity contribution in [2.24, 2.45) is 0 Å². The van der Waals surface area contributed by atoms with Gasteiger partial charge in [0.1, 0.15) is 0 Å². The van der Waals surface area contributed by atoms with Crippen LogP contribution in [0.3, 0.4) is 0 Å². The number of hydrogen-bond donors (Lipinski definition) is 0. The molecule has 1 aromatic heterocycles. The third-order valence-corrected chi connectivity index (χ3v) is 2.60. The van der Waals surface area contributed by atoms with E-state index in [-0.39, 0.29) is 30.0 Å². The number of aromatic nitrogens is 1. The van der Waals surface area contributed by atoms with Crippen molar-refractivity contribution in [3.8, 4) is 5.75 Å². The number of fused-ring (bicyclic) bond motifs is 1. The van der Waals surface area contributed by atoms with Gasteiger partial charge < -0.3 is 5.11 Å². The number of benzene rings is 1. The summed E-state index contributed by atoms with van der Waals surface area (Å²) in [7, 11) is 0. The Labute approximate surface area is 108 Å². The molecule has 2 nitrogen and oxygen atoms in total. The first-order chi connectivity index (χ1) is 7.00. The van der Waals surface area contributed by atoms with E-state index in [0.29, 0.717) is 5.52 Å². The molecule has 0 aliphatic heterocycles. The van der Waals surface area contributed by atoms with Crippen LogP contribution in [-0.2, 0) is 5.41 Å². The summed E-state index contributed by atoms with van der Waals surface area (Å²) < 4.78 is 0. The molecule has 0 fully saturated rings. The molecule has 0 saturated heterocycles. The molecule has 0 saturated carbocycles. The van der Waals surface area contributed by atoms with E-state index in [1.807, 2.05) is 24.3 Å². The number of rotatable bonds is 0. The predicted octanol–water partition coefficient (Wildman–Crippen LogP) is -0.971. The molecule has 3 heteroatoms. The van der Waals surface area contributed by atoms with Gasteiger partial charge in [0.25, 0.3) is 0 Å². The Bertz CT molecular complexity index is 503. The molecule has 0 amide bonds. The number of hydrogen-bond acceptors (Lipinski definition) is 1. The third kappa shape index (κ3) is 2.24. The van der Waals surface area contributed by atoms with E-state index < -0.39 is 0 Å². The Morgan fingerprint density at radius 3 is 2.44 bits per heavy atom. The number of pyridine rings is 1. The summed E-state index contributed by atoms with van der Waals surface area (Å²) in [5, 5.41) is 13.1. The second-order valence-corrected chi connectivity index (χ2v) is 4.83. The van der Waals surface area contributed by atoms with E-state index in [9.17, 15) is 5.11 Å².